The minimum Gasteiger partial charge on any atom is -0.494 e. The number of likely N-dealkylation sites (tertiary alicyclic amines) is 1. The highest BCUT2D eigenvalue weighted by molar-refractivity contribution is 6.37. The van der Waals surface area contributed by atoms with Gasteiger partial charge in [0.05, 0.1) is 17.2 Å². The molecule has 2 rings (SSSR count). The fraction of sp³-hybridized carbons (Fsp3) is 0.556. The van der Waals surface area contributed by atoms with Gasteiger partial charge in [0.1, 0.15) is 5.60 Å². The van der Waals surface area contributed by atoms with Crippen LogP contribution in [0.5, 0.6) is 5.75 Å². The molecular weight excluding hydrogens is 379 g/mol. The molecule has 6 nitrogen and oxygen atoms in total. The Hall–Kier alpha value is -1.66. The van der Waals surface area contributed by atoms with Crippen LogP contribution in [-0.4, -0.2) is 48.7 Å². The molecule has 2 amide bonds. The van der Waals surface area contributed by atoms with Crippen LogP contribution in [0.25, 0.3) is 0 Å². The average molecular weight is 403 g/mol. The van der Waals surface area contributed by atoms with Gasteiger partial charge in [-0.2, -0.15) is 0 Å². The van der Waals surface area contributed by atoms with Crippen molar-refractivity contribution in [3.05, 3.63) is 27.7 Å². The summed E-state index contributed by atoms with van der Waals surface area (Å²) < 4.78 is 10.5. The topological polar surface area (TPSA) is 67.9 Å². The highest BCUT2D eigenvalue weighted by Crippen LogP contribution is 2.33. The second-order valence-corrected chi connectivity index (χ2v) is 8.00. The molecule has 0 saturated carbocycles. The van der Waals surface area contributed by atoms with Crippen LogP contribution in [-0.2, 0) is 4.74 Å². The summed E-state index contributed by atoms with van der Waals surface area (Å²) in [5, 5.41) is 3.52. The summed E-state index contributed by atoms with van der Waals surface area (Å²) in [6.45, 7) is 6.57. The number of rotatable bonds is 3. The van der Waals surface area contributed by atoms with E-state index in [9.17, 15) is 9.59 Å². The number of piperidine rings is 1. The zero-order chi connectivity index (χ0) is 19.5. The van der Waals surface area contributed by atoms with E-state index in [2.05, 4.69) is 5.32 Å². The van der Waals surface area contributed by atoms with Crippen LogP contribution in [0.1, 0.15) is 44.0 Å². The molecule has 1 N–H and O–H groups in total. The maximum atomic E-state index is 12.4. The molecule has 1 aromatic rings. The van der Waals surface area contributed by atoms with E-state index in [0.29, 0.717) is 37.2 Å². The smallest absolute Gasteiger partial charge is 0.410 e. The van der Waals surface area contributed by atoms with Gasteiger partial charge in [-0.1, -0.05) is 23.2 Å². The lowest BCUT2D eigenvalue weighted by Gasteiger charge is -2.33. The number of carbonyl (C=O) groups is 2. The Kier molecular flexibility index (Phi) is 6.64. The molecule has 8 heteroatoms. The molecule has 1 aromatic carbocycles. The number of nitrogens with one attached hydrogen (secondary N) is 1. The van der Waals surface area contributed by atoms with E-state index in [1.165, 1.54) is 19.2 Å². The quantitative estimate of drug-likeness (QED) is 0.824. The first-order valence-electron chi connectivity index (χ1n) is 8.42. The average Bonchev–Trinajstić information content (AvgIpc) is 2.53. The van der Waals surface area contributed by atoms with Gasteiger partial charge in [0.2, 0.25) is 0 Å². The number of hydrogen-bond acceptors (Lipinski definition) is 4. The largest absolute Gasteiger partial charge is 0.494 e. The van der Waals surface area contributed by atoms with Crippen LogP contribution in [0.2, 0.25) is 10.0 Å². The lowest BCUT2D eigenvalue weighted by Crippen LogP contribution is -2.47. The number of nitrogens with zero attached hydrogens (tertiary/aromatic N) is 1. The van der Waals surface area contributed by atoms with E-state index >= 15 is 0 Å². The molecule has 0 aliphatic carbocycles. The molecule has 0 bridgehead atoms. The Morgan fingerprint density at radius 2 is 1.69 bits per heavy atom. The van der Waals surface area contributed by atoms with Gasteiger partial charge in [-0.25, -0.2) is 4.79 Å². The number of ether oxygens (including phenoxy) is 2. The zero-order valence-electron chi connectivity index (χ0n) is 15.4. The molecule has 0 atom stereocenters. The third-order valence-corrected chi connectivity index (χ3v) is 4.51. The highest BCUT2D eigenvalue weighted by atomic mass is 35.5. The van der Waals surface area contributed by atoms with Gasteiger partial charge in [-0.05, 0) is 45.7 Å². The van der Waals surface area contributed by atoms with Crippen molar-refractivity contribution in [1.82, 2.24) is 10.2 Å². The summed E-state index contributed by atoms with van der Waals surface area (Å²) in [5.41, 5.74) is -0.148. The minimum atomic E-state index is -0.519. The summed E-state index contributed by atoms with van der Waals surface area (Å²) in [7, 11) is 1.46. The molecular formula is C18H24Cl2N2O4. The van der Waals surface area contributed by atoms with Gasteiger partial charge in [-0.15, -0.1) is 0 Å². The molecule has 0 unspecified atom stereocenters. The number of carbonyl (C=O) groups excluding carboxylic acids is 2. The number of halogens is 2. The van der Waals surface area contributed by atoms with Gasteiger partial charge in [0.25, 0.3) is 5.91 Å². The van der Waals surface area contributed by atoms with Crippen molar-refractivity contribution >= 4 is 35.2 Å². The molecule has 1 aliphatic heterocycles. The normalized spacial score (nSPS) is 15.5. The fourth-order valence-corrected chi connectivity index (χ4v) is 3.33. The predicted molar refractivity (Wildman–Crippen MR) is 101 cm³/mol. The number of hydrogen-bond donors (Lipinski definition) is 1. The van der Waals surface area contributed by atoms with Crippen molar-refractivity contribution in [3.8, 4) is 5.75 Å². The summed E-state index contributed by atoms with van der Waals surface area (Å²) in [6.07, 6.45) is 0.988. The predicted octanol–water partition coefficient (Wildman–Crippen LogP) is 4.13. The van der Waals surface area contributed by atoms with Crippen molar-refractivity contribution in [2.45, 2.75) is 45.3 Å². The summed E-state index contributed by atoms with van der Waals surface area (Å²) in [4.78, 5) is 26.2. The van der Waals surface area contributed by atoms with E-state index in [1.807, 2.05) is 20.8 Å². The molecule has 1 saturated heterocycles. The molecule has 1 aliphatic rings. The Balaban J connectivity index is 1.91. The van der Waals surface area contributed by atoms with E-state index in [0.717, 1.165) is 0 Å². The summed E-state index contributed by atoms with van der Waals surface area (Å²) in [5.74, 6) is 0.0859. The van der Waals surface area contributed by atoms with Crippen LogP contribution in [0, 0.1) is 0 Å². The molecule has 0 spiro atoms. The van der Waals surface area contributed by atoms with E-state index < -0.39 is 5.60 Å². The van der Waals surface area contributed by atoms with Gasteiger partial charge < -0.3 is 19.7 Å². The van der Waals surface area contributed by atoms with E-state index in [-0.39, 0.29) is 28.1 Å². The van der Waals surface area contributed by atoms with Crippen molar-refractivity contribution in [2.75, 3.05) is 20.2 Å². The Morgan fingerprint density at radius 3 is 2.15 bits per heavy atom. The van der Waals surface area contributed by atoms with Crippen LogP contribution < -0.4 is 10.1 Å². The van der Waals surface area contributed by atoms with Crippen LogP contribution in [0.15, 0.2) is 12.1 Å². The Labute approximate surface area is 163 Å². The summed E-state index contributed by atoms with van der Waals surface area (Å²) in [6, 6.07) is 3.02. The van der Waals surface area contributed by atoms with Crippen molar-refractivity contribution in [3.63, 3.8) is 0 Å². The third kappa shape index (κ3) is 5.42. The van der Waals surface area contributed by atoms with Crippen molar-refractivity contribution < 1.29 is 19.1 Å². The zero-order valence-corrected chi connectivity index (χ0v) is 16.9. The second kappa shape index (κ2) is 8.35. The first kappa shape index (κ1) is 20.6. The van der Waals surface area contributed by atoms with Crippen LogP contribution in [0.3, 0.4) is 0 Å². The SMILES string of the molecule is COc1c(Cl)cc(C(=O)NC2CCN(C(=O)OC(C)(C)C)CC2)cc1Cl. The molecule has 0 aromatic heterocycles. The Bertz CT molecular complexity index is 657. The molecule has 1 heterocycles. The van der Waals surface area contributed by atoms with E-state index in [1.54, 1.807) is 4.90 Å². The second-order valence-electron chi connectivity index (χ2n) is 7.19. The van der Waals surface area contributed by atoms with Crippen LogP contribution in [0.4, 0.5) is 4.79 Å². The maximum absolute atomic E-state index is 12.4. The molecule has 1 fully saturated rings. The third-order valence-electron chi connectivity index (χ3n) is 3.95. The molecule has 26 heavy (non-hydrogen) atoms. The first-order chi connectivity index (χ1) is 12.1. The highest BCUT2D eigenvalue weighted by Gasteiger charge is 2.27. The number of amides is 2. The van der Waals surface area contributed by atoms with E-state index in [4.69, 9.17) is 32.7 Å². The standard InChI is InChI=1S/C18H24Cl2N2O4/c1-18(2,3)26-17(24)22-7-5-12(6-8-22)21-16(23)11-9-13(19)15(25-4)14(20)10-11/h9-10,12H,5-8H2,1-4H3,(H,21,23). The van der Waals surface area contributed by atoms with Gasteiger partial charge >= 0.3 is 6.09 Å². The number of benzene rings is 1. The monoisotopic (exact) mass is 402 g/mol. The van der Waals surface area contributed by atoms with Gasteiger partial charge in [0.15, 0.2) is 5.75 Å². The minimum absolute atomic E-state index is 0.0270. The van der Waals surface area contributed by atoms with Crippen LogP contribution >= 0.6 is 23.2 Å². The van der Waals surface area contributed by atoms with Gasteiger partial charge in [-0.3, -0.25) is 4.79 Å². The lowest BCUT2D eigenvalue weighted by atomic mass is 10.0. The van der Waals surface area contributed by atoms with Gasteiger partial charge in [0, 0.05) is 24.7 Å². The Morgan fingerprint density at radius 1 is 1.15 bits per heavy atom. The lowest BCUT2D eigenvalue weighted by molar-refractivity contribution is 0.0199. The number of methoxy groups -OCH3 is 1. The van der Waals surface area contributed by atoms with Crippen molar-refractivity contribution in [2.24, 2.45) is 0 Å². The maximum Gasteiger partial charge on any atom is 0.410 e. The molecule has 0 radical (unpaired) electrons. The fourth-order valence-electron chi connectivity index (χ4n) is 2.69. The van der Waals surface area contributed by atoms with Crippen molar-refractivity contribution in [1.29, 1.82) is 0 Å². The first-order valence-corrected chi connectivity index (χ1v) is 9.18. The summed E-state index contributed by atoms with van der Waals surface area (Å²) >= 11 is 12.2. The molecule has 144 valence electrons.